The number of hydrogen-bond donors (Lipinski definition) is 3. The summed E-state index contributed by atoms with van der Waals surface area (Å²) in [6.45, 7) is 3.69. The van der Waals surface area contributed by atoms with E-state index in [1.165, 1.54) is 0 Å². The number of thiophene rings is 1. The second-order valence-corrected chi connectivity index (χ2v) is 9.20. The van der Waals surface area contributed by atoms with Crippen molar-refractivity contribution in [2.75, 3.05) is 5.32 Å². The van der Waals surface area contributed by atoms with E-state index in [1.54, 1.807) is 29.9 Å². The number of aromatic amines is 2. The Balaban J connectivity index is 1.41. The minimum absolute atomic E-state index is 0.0642. The maximum Gasteiger partial charge on any atom is 0.226 e. The lowest BCUT2D eigenvalue weighted by Gasteiger charge is -2.08. The number of carbonyl (C=O) groups is 1. The Labute approximate surface area is 203 Å². The normalized spacial score (nSPS) is 11.5. The first-order valence-electron chi connectivity index (χ1n) is 11.1. The molecule has 1 amide bonds. The Morgan fingerprint density at radius 3 is 2.71 bits per heavy atom. The van der Waals surface area contributed by atoms with Gasteiger partial charge < -0.3 is 10.3 Å². The van der Waals surface area contributed by atoms with Crippen molar-refractivity contribution in [3.63, 3.8) is 0 Å². The summed E-state index contributed by atoms with van der Waals surface area (Å²) in [6, 6.07) is 9.62. The van der Waals surface area contributed by atoms with Crippen LogP contribution in [0.5, 0.6) is 0 Å². The molecule has 0 aliphatic rings. The molecule has 6 heterocycles. The fraction of sp³-hybridized carbons (Fsp3) is 0.120. The summed E-state index contributed by atoms with van der Waals surface area (Å²) < 4.78 is 0. The molecule has 9 nitrogen and oxygen atoms in total. The number of anilines is 1. The molecule has 0 aliphatic heterocycles. The van der Waals surface area contributed by atoms with Gasteiger partial charge in [0.2, 0.25) is 5.91 Å². The lowest BCUT2D eigenvalue weighted by atomic mass is 10.1. The number of imidazole rings is 1. The molecule has 0 unspecified atom stereocenters. The van der Waals surface area contributed by atoms with Crippen molar-refractivity contribution < 1.29 is 4.79 Å². The highest BCUT2D eigenvalue weighted by Crippen LogP contribution is 2.31. The molecule has 0 bridgehead atoms. The van der Waals surface area contributed by atoms with E-state index in [0.29, 0.717) is 28.4 Å². The zero-order valence-electron chi connectivity index (χ0n) is 18.9. The molecule has 0 fully saturated rings. The molecule has 6 aromatic rings. The first-order chi connectivity index (χ1) is 17.1. The highest BCUT2D eigenvalue weighted by molar-refractivity contribution is 7.08. The first kappa shape index (κ1) is 21.1. The molecule has 0 aliphatic carbocycles. The maximum absolute atomic E-state index is 12.1. The fourth-order valence-electron chi connectivity index (χ4n) is 3.82. The van der Waals surface area contributed by atoms with Crippen LogP contribution in [0.25, 0.3) is 56.1 Å². The smallest absolute Gasteiger partial charge is 0.226 e. The Morgan fingerprint density at radius 2 is 1.89 bits per heavy atom. The number of H-pyrrole nitrogens is 2. The quantitative estimate of drug-likeness (QED) is 0.308. The number of amides is 1. The van der Waals surface area contributed by atoms with Gasteiger partial charge in [0.05, 0.1) is 34.3 Å². The maximum atomic E-state index is 12.1. The Morgan fingerprint density at radius 1 is 1.00 bits per heavy atom. The van der Waals surface area contributed by atoms with Gasteiger partial charge in [-0.1, -0.05) is 13.8 Å². The van der Waals surface area contributed by atoms with Gasteiger partial charge >= 0.3 is 0 Å². The summed E-state index contributed by atoms with van der Waals surface area (Å²) in [5.41, 5.74) is 7.73. The lowest BCUT2D eigenvalue weighted by molar-refractivity contribution is -0.118. The average molecular weight is 481 g/mol. The summed E-state index contributed by atoms with van der Waals surface area (Å²) in [7, 11) is 0. The van der Waals surface area contributed by atoms with Crippen molar-refractivity contribution in [3.05, 3.63) is 59.7 Å². The summed E-state index contributed by atoms with van der Waals surface area (Å²) in [5.74, 6) is 0.419. The molecular formula is C25H20N8OS. The zero-order valence-corrected chi connectivity index (χ0v) is 19.7. The second kappa shape index (κ2) is 8.41. The monoisotopic (exact) mass is 480 g/mol. The van der Waals surface area contributed by atoms with Crippen LogP contribution in [0.4, 0.5) is 5.69 Å². The second-order valence-electron chi connectivity index (χ2n) is 8.42. The van der Waals surface area contributed by atoms with Crippen LogP contribution < -0.4 is 5.32 Å². The molecule has 6 aromatic heterocycles. The molecule has 0 atom stereocenters. The van der Waals surface area contributed by atoms with Crippen LogP contribution in [0.2, 0.25) is 0 Å². The summed E-state index contributed by atoms with van der Waals surface area (Å²) >= 11 is 1.62. The standard InChI is InChI=1S/C25H20N8OS/c1-13(2)25(34)28-16-9-15(10-26-11-16)17-3-4-19-22(29-17)23(33-32-19)24-30-18-5-7-27-20(21(18)31-24)14-6-8-35-12-14/h3-13H,1-2H3,(H,28,34)(H,30,31)(H,32,33). The predicted octanol–water partition coefficient (Wildman–Crippen LogP) is 5.28. The van der Waals surface area contributed by atoms with Crippen molar-refractivity contribution >= 4 is 45.0 Å². The molecule has 0 radical (unpaired) electrons. The molecule has 3 N–H and O–H groups in total. The molecule has 0 spiro atoms. The van der Waals surface area contributed by atoms with Crippen LogP contribution >= 0.6 is 11.3 Å². The van der Waals surface area contributed by atoms with Crippen molar-refractivity contribution in [1.29, 1.82) is 0 Å². The predicted molar refractivity (Wildman–Crippen MR) is 137 cm³/mol. The number of fused-ring (bicyclic) bond motifs is 2. The highest BCUT2D eigenvalue weighted by Gasteiger charge is 2.18. The van der Waals surface area contributed by atoms with Crippen LogP contribution in [0, 0.1) is 5.92 Å². The average Bonchev–Trinajstić information content (AvgIpc) is 3.62. The van der Waals surface area contributed by atoms with Gasteiger partial charge in [0, 0.05) is 34.8 Å². The molecule has 10 heteroatoms. The summed E-state index contributed by atoms with van der Waals surface area (Å²) in [5, 5.41) is 14.5. The Bertz CT molecular complexity index is 1680. The topological polar surface area (TPSA) is 125 Å². The fourth-order valence-corrected chi connectivity index (χ4v) is 4.46. The molecular weight excluding hydrogens is 460 g/mol. The van der Waals surface area contributed by atoms with Crippen molar-refractivity contribution in [2.24, 2.45) is 5.92 Å². The van der Waals surface area contributed by atoms with Crippen molar-refractivity contribution in [1.82, 2.24) is 35.1 Å². The van der Waals surface area contributed by atoms with Gasteiger partial charge in [0.15, 0.2) is 11.5 Å². The molecule has 0 saturated carbocycles. The number of carbonyl (C=O) groups excluding carboxylic acids is 1. The SMILES string of the molecule is CC(C)C(=O)Nc1cncc(-c2ccc3[nH]nc(-c4nc5c(-c6ccsc6)nccc5[nH]4)c3n2)c1. The number of nitrogens with one attached hydrogen (secondary N) is 3. The van der Waals surface area contributed by atoms with E-state index in [2.05, 4.69) is 35.8 Å². The minimum Gasteiger partial charge on any atom is -0.336 e. The van der Waals surface area contributed by atoms with Gasteiger partial charge in [-0.05, 0) is 35.7 Å². The van der Waals surface area contributed by atoms with Crippen LogP contribution in [0.1, 0.15) is 13.8 Å². The van der Waals surface area contributed by atoms with E-state index in [-0.39, 0.29) is 11.8 Å². The van der Waals surface area contributed by atoms with Crippen molar-refractivity contribution in [2.45, 2.75) is 13.8 Å². The van der Waals surface area contributed by atoms with E-state index in [1.807, 2.05) is 49.6 Å². The lowest BCUT2D eigenvalue weighted by Crippen LogP contribution is -2.17. The highest BCUT2D eigenvalue weighted by atomic mass is 32.1. The molecule has 35 heavy (non-hydrogen) atoms. The molecule has 0 aromatic carbocycles. The number of nitrogens with zero attached hydrogens (tertiary/aromatic N) is 5. The van der Waals surface area contributed by atoms with Gasteiger partial charge in [-0.15, -0.1) is 0 Å². The minimum atomic E-state index is -0.124. The van der Waals surface area contributed by atoms with E-state index in [0.717, 1.165) is 33.4 Å². The first-order valence-corrected chi connectivity index (χ1v) is 12.0. The van der Waals surface area contributed by atoms with Crippen LogP contribution in [-0.2, 0) is 4.79 Å². The molecule has 0 saturated heterocycles. The Hall–Kier alpha value is -4.44. The summed E-state index contributed by atoms with van der Waals surface area (Å²) in [6.07, 6.45) is 5.12. The van der Waals surface area contributed by atoms with Gasteiger partial charge in [-0.3, -0.25) is 19.9 Å². The number of aromatic nitrogens is 7. The van der Waals surface area contributed by atoms with E-state index in [9.17, 15) is 4.79 Å². The Kier molecular flexibility index (Phi) is 5.07. The zero-order chi connectivity index (χ0) is 23.9. The van der Waals surface area contributed by atoms with Gasteiger partial charge in [-0.2, -0.15) is 16.4 Å². The largest absolute Gasteiger partial charge is 0.336 e. The third-order valence-electron chi connectivity index (χ3n) is 5.65. The van der Waals surface area contributed by atoms with Gasteiger partial charge in [0.1, 0.15) is 11.0 Å². The number of rotatable bonds is 5. The third-order valence-corrected chi connectivity index (χ3v) is 6.34. The van der Waals surface area contributed by atoms with E-state index < -0.39 is 0 Å². The number of hydrogen-bond acceptors (Lipinski definition) is 7. The molecule has 6 rings (SSSR count). The van der Waals surface area contributed by atoms with Crippen LogP contribution in [-0.4, -0.2) is 41.0 Å². The van der Waals surface area contributed by atoms with E-state index >= 15 is 0 Å². The van der Waals surface area contributed by atoms with Gasteiger partial charge in [-0.25, -0.2) is 9.97 Å². The van der Waals surface area contributed by atoms with Gasteiger partial charge in [0.25, 0.3) is 0 Å². The summed E-state index contributed by atoms with van der Waals surface area (Å²) in [4.78, 5) is 34.0. The number of pyridine rings is 3. The van der Waals surface area contributed by atoms with Crippen LogP contribution in [0.3, 0.4) is 0 Å². The van der Waals surface area contributed by atoms with Crippen LogP contribution in [0.15, 0.2) is 59.7 Å². The van der Waals surface area contributed by atoms with E-state index in [4.69, 9.17) is 9.97 Å². The van der Waals surface area contributed by atoms with Crippen molar-refractivity contribution in [3.8, 4) is 34.0 Å². The third kappa shape index (κ3) is 3.83. The molecule has 172 valence electrons.